The Labute approximate surface area is 400 Å². The molecule has 0 saturated heterocycles. The molecule has 0 radical (unpaired) electrons. The van der Waals surface area contributed by atoms with Gasteiger partial charge in [-0.15, -0.1) is 0 Å². The van der Waals surface area contributed by atoms with Crippen molar-refractivity contribution in [3.05, 3.63) is 155 Å². The Kier molecular flexibility index (Phi) is 13.2. The third kappa shape index (κ3) is 9.69. The van der Waals surface area contributed by atoms with Crippen molar-refractivity contribution in [3.63, 3.8) is 0 Å². The van der Waals surface area contributed by atoms with Crippen LogP contribution in [0.5, 0.6) is 0 Å². The van der Waals surface area contributed by atoms with Crippen molar-refractivity contribution in [2.75, 3.05) is 0 Å². The molecule has 0 amide bonds. The number of fused-ring (bicyclic) bond motifs is 2. The van der Waals surface area contributed by atoms with E-state index in [-0.39, 0.29) is 0 Å². The molecular weight excluding hydrogens is 861 g/mol. The van der Waals surface area contributed by atoms with E-state index in [4.69, 9.17) is 0 Å². The van der Waals surface area contributed by atoms with Crippen LogP contribution in [0.25, 0.3) is 56.7 Å². The summed E-state index contributed by atoms with van der Waals surface area (Å²) < 4.78 is 0. The highest BCUT2D eigenvalue weighted by atomic mass is 28.3. The molecule has 5 heteroatoms. The molecule has 2 aliphatic carbocycles. The monoisotopic (exact) mass is 936 g/mol. The maximum Gasteiger partial charge on any atom is 0.0776 e. The summed E-state index contributed by atoms with van der Waals surface area (Å²) in [7, 11) is -6.77. The number of benzene rings is 6. The Morgan fingerprint density at radius 1 is 0.385 bits per heavy atom. The third-order valence-electron chi connectivity index (χ3n) is 14.7. The van der Waals surface area contributed by atoms with Gasteiger partial charge in [-0.2, -0.15) is 0 Å². The minimum atomic E-state index is -1.58. The van der Waals surface area contributed by atoms with Crippen LogP contribution in [0.4, 0.5) is 0 Å². The Bertz CT molecular complexity index is 2530. The average Bonchev–Trinajstić information content (AvgIpc) is 3.82. The SMILES string of the molecule is CCC1=Cc2c(ccc(-c3ccccc3)c2-c2cc([Si](C)(C)C)cc([Si](C)(C)C)c2)C1C[SiH2]CC1C(CC)=Cc2c1ccc(-c1ccccc1)c2-c1cc([Si](C)(C)C)cc([Si](C)(C)C)c1. The van der Waals surface area contributed by atoms with Crippen LogP contribution < -0.4 is 20.7 Å². The molecule has 2 unspecified atom stereocenters. The Morgan fingerprint density at radius 3 is 1.00 bits per heavy atom. The third-order valence-corrected chi connectivity index (χ3v) is 24.8. The molecule has 0 aliphatic heterocycles. The molecule has 6 aromatic rings. The predicted octanol–water partition coefficient (Wildman–Crippen LogP) is 15.0. The smallest absolute Gasteiger partial charge is 0.0656 e. The van der Waals surface area contributed by atoms with E-state index in [9.17, 15) is 0 Å². The first-order valence-electron chi connectivity index (χ1n) is 24.9. The topological polar surface area (TPSA) is 0 Å². The van der Waals surface area contributed by atoms with Crippen LogP contribution in [0.1, 0.15) is 60.8 Å². The van der Waals surface area contributed by atoms with Gasteiger partial charge in [0.1, 0.15) is 0 Å². The maximum absolute atomic E-state index is 2.65. The minimum absolute atomic E-state index is 0.440. The summed E-state index contributed by atoms with van der Waals surface area (Å²) in [6, 6.07) is 50.7. The molecule has 2 atom stereocenters. The molecule has 336 valence electrons. The molecule has 0 nitrogen and oxygen atoms in total. The van der Waals surface area contributed by atoms with Crippen LogP contribution in [0, 0.1) is 0 Å². The summed E-state index contributed by atoms with van der Waals surface area (Å²) >= 11 is 0. The van der Waals surface area contributed by atoms with Gasteiger partial charge >= 0.3 is 0 Å². The number of allylic oxidation sites excluding steroid dienone is 2. The second-order valence-electron chi connectivity index (χ2n) is 23.5. The lowest BCUT2D eigenvalue weighted by Gasteiger charge is -2.26. The van der Waals surface area contributed by atoms with Gasteiger partial charge in [0.05, 0.1) is 32.3 Å². The zero-order valence-electron chi connectivity index (χ0n) is 42.4. The van der Waals surface area contributed by atoms with Crippen molar-refractivity contribution in [1.82, 2.24) is 0 Å². The average molecular weight is 938 g/mol. The van der Waals surface area contributed by atoms with Gasteiger partial charge in [-0.05, 0) is 79.6 Å². The molecule has 65 heavy (non-hydrogen) atoms. The van der Waals surface area contributed by atoms with E-state index in [1.54, 1.807) is 43.0 Å². The summed E-state index contributed by atoms with van der Waals surface area (Å²) in [5.41, 5.74) is 20.6. The summed E-state index contributed by atoms with van der Waals surface area (Å²) in [5, 5.41) is 6.34. The summed E-state index contributed by atoms with van der Waals surface area (Å²) in [6.45, 7) is 35.0. The Hall–Kier alpha value is -4.12. The maximum atomic E-state index is 2.65. The van der Waals surface area contributed by atoms with Crippen LogP contribution in [0.2, 0.25) is 90.7 Å². The van der Waals surface area contributed by atoms with Crippen LogP contribution in [0.15, 0.2) is 132 Å². The highest BCUT2D eigenvalue weighted by Crippen LogP contribution is 2.50. The van der Waals surface area contributed by atoms with Gasteiger partial charge < -0.3 is 0 Å². The zero-order valence-corrected chi connectivity index (χ0v) is 47.8. The fraction of sp³-hybridized carbons (Fsp3) is 0.333. The molecular formula is C60H76Si5. The van der Waals surface area contributed by atoms with Crippen LogP contribution in [-0.4, -0.2) is 41.8 Å². The molecule has 8 rings (SSSR count). The van der Waals surface area contributed by atoms with Crippen LogP contribution in [-0.2, 0) is 0 Å². The van der Waals surface area contributed by atoms with E-state index in [0.717, 1.165) is 12.8 Å². The van der Waals surface area contributed by atoms with E-state index in [1.165, 1.54) is 67.7 Å². The van der Waals surface area contributed by atoms with Crippen molar-refractivity contribution < 1.29 is 0 Å². The largest absolute Gasteiger partial charge is 0.0776 e. The second-order valence-corrected chi connectivity index (χ2v) is 45.7. The first-order valence-corrected chi connectivity index (χ1v) is 40.9. The number of rotatable bonds is 14. The van der Waals surface area contributed by atoms with Crippen molar-refractivity contribution in [2.24, 2.45) is 0 Å². The van der Waals surface area contributed by atoms with E-state index in [0.29, 0.717) is 11.8 Å². The lowest BCUT2D eigenvalue weighted by molar-refractivity contribution is 0.830. The summed E-state index contributed by atoms with van der Waals surface area (Å²) in [5.74, 6) is 1.02. The van der Waals surface area contributed by atoms with Crippen molar-refractivity contribution in [1.29, 1.82) is 0 Å². The molecule has 0 fully saturated rings. The molecule has 0 spiro atoms. The molecule has 0 aromatic heterocycles. The van der Waals surface area contributed by atoms with Gasteiger partial charge in [0, 0.05) is 21.4 Å². The predicted molar refractivity (Wildman–Crippen MR) is 307 cm³/mol. The fourth-order valence-corrected chi connectivity index (χ4v) is 18.1. The lowest BCUT2D eigenvalue weighted by atomic mass is 9.87. The zero-order chi connectivity index (χ0) is 46.6. The Balaban J connectivity index is 1.19. The molecule has 0 heterocycles. The molecule has 0 bridgehead atoms. The summed E-state index contributed by atoms with van der Waals surface area (Å²) in [4.78, 5) is 0. The highest BCUT2D eigenvalue weighted by molar-refractivity contribution is 6.92. The summed E-state index contributed by atoms with van der Waals surface area (Å²) in [6.07, 6.45) is 7.51. The van der Waals surface area contributed by atoms with Gasteiger partial charge in [0.15, 0.2) is 0 Å². The quantitative estimate of drug-likeness (QED) is 0.0955. The Morgan fingerprint density at radius 2 is 0.708 bits per heavy atom. The van der Waals surface area contributed by atoms with Crippen LogP contribution in [0.3, 0.4) is 0 Å². The fourth-order valence-electron chi connectivity index (χ4n) is 10.7. The second kappa shape index (κ2) is 18.2. The van der Waals surface area contributed by atoms with Crippen molar-refractivity contribution in [3.8, 4) is 44.5 Å². The molecule has 6 aromatic carbocycles. The highest BCUT2D eigenvalue weighted by Gasteiger charge is 2.33. The van der Waals surface area contributed by atoms with Crippen molar-refractivity contribution >= 4 is 74.7 Å². The minimum Gasteiger partial charge on any atom is -0.0656 e. The van der Waals surface area contributed by atoms with E-state index in [2.05, 4.69) is 226 Å². The van der Waals surface area contributed by atoms with Gasteiger partial charge in [-0.1, -0.05) is 270 Å². The van der Waals surface area contributed by atoms with E-state index >= 15 is 0 Å². The standard InChI is InChI=1S/C60H76Si5/c1-15-41-35-55-53(29-27-51(43-23-19-17-20-24-43)59(55)45-31-47(62(3,4)5)37-48(32-45)63(6,7)8)57(41)39-61-40-58-42(16-2)36-56-54(58)30-28-52(44-25-21-18-22-26-44)60(56)46-33-49(64(9,10)11)38-50(34-46)65(12,13)14/h17-38,57-58H,15-16,39-40,61H2,1-14H3. The molecule has 2 aliphatic rings. The molecule has 0 N–H and O–H groups in total. The van der Waals surface area contributed by atoms with Crippen molar-refractivity contribution in [2.45, 2.75) is 129 Å². The number of hydrogen-bond donors (Lipinski definition) is 0. The van der Waals surface area contributed by atoms with Crippen LogP contribution >= 0.6 is 0 Å². The normalized spacial score (nSPS) is 16.5. The van der Waals surface area contributed by atoms with E-state index in [1.807, 2.05) is 0 Å². The lowest BCUT2D eigenvalue weighted by Crippen LogP contribution is -2.45. The van der Waals surface area contributed by atoms with Gasteiger partial charge in [-0.25, -0.2) is 0 Å². The molecule has 0 saturated carbocycles. The van der Waals surface area contributed by atoms with Gasteiger partial charge in [-0.3, -0.25) is 0 Å². The first kappa shape index (κ1) is 47.4. The van der Waals surface area contributed by atoms with Gasteiger partial charge in [0.2, 0.25) is 0 Å². The first-order chi connectivity index (χ1) is 30.7. The van der Waals surface area contributed by atoms with Gasteiger partial charge in [0.25, 0.3) is 0 Å². The van der Waals surface area contributed by atoms with E-state index < -0.39 is 41.8 Å². The number of hydrogen-bond acceptors (Lipinski definition) is 0.